The third-order valence-corrected chi connectivity index (χ3v) is 1.21. The van der Waals surface area contributed by atoms with Gasteiger partial charge in [-0.3, -0.25) is 4.79 Å². The van der Waals surface area contributed by atoms with Gasteiger partial charge in [-0.1, -0.05) is 13.4 Å². The minimum absolute atomic E-state index is 0.108. The standard InChI is InChI=1S/C8H15N3O2.CH4/c1-2-3-4-5-13-7(12)6-11-8(9)10;/h2H,1,3-6H2,(H4,9,10,11);1H4/i;1D3. The molecular weight excluding hydrogens is 182 g/mol. The van der Waals surface area contributed by atoms with Gasteiger partial charge in [-0.2, -0.15) is 0 Å². The molecule has 0 spiro atoms. The summed E-state index contributed by atoms with van der Waals surface area (Å²) in [4.78, 5) is 14.3. The van der Waals surface area contributed by atoms with Gasteiger partial charge in [0.2, 0.25) is 0 Å². The van der Waals surface area contributed by atoms with Crippen LogP contribution in [0.3, 0.4) is 0 Å². The molecule has 82 valence electrons. The number of esters is 1. The predicted octanol–water partition coefficient (Wildman–Crippen LogP) is 0.405. The summed E-state index contributed by atoms with van der Waals surface area (Å²) in [6, 6.07) is 0. The van der Waals surface area contributed by atoms with E-state index in [1.165, 1.54) is 0 Å². The summed E-state index contributed by atoms with van der Waals surface area (Å²) in [5.74, 6) is -0.527. The van der Waals surface area contributed by atoms with Crippen LogP contribution in [0.5, 0.6) is 0 Å². The molecule has 0 aliphatic rings. The van der Waals surface area contributed by atoms with Crippen LogP contribution in [-0.2, 0) is 9.53 Å². The zero-order valence-electron chi connectivity index (χ0n) is 11.1. The lowest BCUT2D eigenvalue weighted by Gasteiger charge is -2.00. The number of ether oxygens (including phenoxy) is 1. The van der Waals surface area contributed by atoms with Crippen LogP contribution in [0.4, 0.5) is 0 Å². The van der Waals surface area contributed by atoms with Gasteiger partial charge in [0, 0.05) is 4.11 Å². The maximum Gasteiger partial charge on any atom is 0.327 e. The molecule has 0 rings (SSSR count). The van der Waals surface area contributed by atoms with E-state index in [0.29, 0.717) is 6.61 Å². The van der Waals surface area contributed by atoms with Crippen molar-refractivity contribution in [2.24, 2.45) is 16.5 Å². The van der Waals surface area contributed by atoms with Gasteiger partial charge in [0.25, 0.3) is 0 Å². The number of carbonyl (C=O) groups excluding carboxylic acids is 1. The zero-order chi connectivity index (χ0) is 13.7. The first-order valence-corrected chi connectivity index (χ1v) is 3.98. The number of rotatable bonds is 6. The maximum absolute atomic E-state index is 10.8. The summed E-state index contributed by atoms with van der Waals surface area (Å²) in [7, 11) is -1.42. The van der Waals surface area contributed by atoms with Crippen molar-refractivity contribution in [2.75, 3.05) is 13.2 Å². The van der Waals surface area contributed by atoms with Gasteiger partial charge >= 0.3 is 5.97 Å². The molecule has 0 heterocycles. The van der Waals surface area contributed by atoms with E-state index in [2.05, 4.69) is 11.6 Å². The highest BCUT2D eigenvalue weighted by Crippen LogP contribution is 1.90. The van der Waals surface area contributed by atoms with Gasteiger partial charge < -0.3 is 16.2 Å². The fraction of sp³-hybridized carbons (Fsp3) is 0.556. The summed E-state index contributed by atoms with van der Waals surface area (Å²) >= 11 is 0. The summed E-state index contributed by atoms with van der Waals surface area (Å²) in [6.45, 7) is 3.81. The van der Waals surface area contributed by atoms with E-state index in [4.69, 9.17) is 20.3 Å². The molecule has 0 fully saturated rings. The second-order valence-electron chi connectivity index (χ2n) is 2.39. The van der Waals surface area contributed by atoms with Crippen LogP contribution < -0.4 is 11.5 Å². The molecule has 0 radical (unpaired) electrons. The van der Waals surface area contributed by atoms with Crippen molar-refractivity contribution in [3.05, 3.63) is 12.7 Å². The molecule has 0 aromatic carbocycles. The highest BCUT2D eigenvalue weighted by Gasteiger charge is 1.99. The topological polar surface area (TPSA) is 90.7 Å². The Morgan fingerprint density at radius 2 is 2.36 bits per heavy atom. The van der Waals surface area contributed by atoms with Crippen LogP contribution in [0, 0.1) is 0 Å². The van der Waals surface area contributed by atoms with E-state index in [1.807, 2.05) is 0 Å². The van der Waals surface area contributed by atoms with Crippen molar-refractivity contribution >= 4 is 11.9 Å². The molecule has 0 saturated heterocycles. The number of unbranched alkanes of at least 4 members (excludes halogenated alkanes) is 1. The maximum atomic E-state index is 10.8. The van der Waals surface area contributed by atoms with Crippen LogP contribution in [0.2, 0.25) is 0 Å². The van der Waals surface area contributed by atoms with Crippen LogP contribution in [0.15, 0.2) is 17.6 Å². The van der Waals surface area contributed by atoms with Crippen LogP contribution in [0.25, 0.3) is 0 Å². The molecular formula is C9H19N3O2. The largest absolute Gasteiger partial charge is 0.464 e. The summed E-state index contributed by atoms with van der Waals surface area (Å²) < 4.78 is 22.5. The molecule has 0 aromatic heterocycles. The predicted molar refractivity (Wildman–Crippen MR) is 57.8 cm³/mol. The van der Waals surface area contributed by atoms with E-state index >= 15 is 0 Å². The second kappa shape index (κ2) is 9.57. The Labute approximate surface area is 89.0 Å². The van der Waals surface area contributed by atoms with Crippen molar-refractivity contribution < 1.29 is 13.6 Å². The zero-order valence-corrected chi connectivity index (χ0v) is 8.11. The van der Waals surface area contributed by atoms with Gasteiger partial charge in [-0.15, -0.1) is 6.58 Å². The normalized spacial score (nSPS) is 11.1. The van der Waals surface area contributed by atoms with E-state index < -0.39 is 13.3 Å². The van der Waals surface area contributed by atoms with Gasteiger partial charge in [0.1, 0.15) is 6.54 Å². The van der Waals surface area contributed by atoms with Crippen molar-refractivity contribution in [1.29, 1.82) is 0 Å². The highest BCUT2D eigenvalue weighted by atomic mass is 16.5. The van der Waals surface area contributed by atoms with E-state index in [-0.39, 0.29) is 12.5 Å². The smallest absolute Gasteiger partial charge is 0.327 e. The Bertz CT molecular complexity index is 241. The number of guanidine groups is 1. The summed E-state index contributed by atoms with van der Waals surface area (Å²) in [6.07, 6.45) is 3.37. The van der Waals surface area contributed by atoms with Gasteiger partial charge in [0.05, 0.1) is 6.61 Å². The second-order valence-corrected chi connectivity index (χ2v) is 2.39. The minimum atomic E-state index is -1.42. The van der Waals surface area contributed by atoms with Gasteiger partial charge in [-0.25, -0.2) is 4.99 Å². The highest BCUT2D eigenvalue weighted by molar-refractivity contribution is 5.80. The summed E-state index contributed by atoms with van der Waals surface area (Å²) in [5.41, 5.74) is 10.0. The lowest BCUT2D eigenvalue weighted by Crippen LogP contribution is -2.24. The molecule has 0 aliphatic heterocycles. The molecule has 0 saturated carbocycles. The monoisotopic (exact) mass is 204 g/mol. The number of nitrogens with zero attached hydrogens (tertiary/aromatic N) is 1. The number of aliphatic imine (C=N–C) groups is 1. The third kappa shape index (κ3) is 10.5. The SMILES string of the molecule is C=CCCCOC(=O)CN=C(N)N.[2H]C([2H])[2H]. The number of hydrogen-bond donors (Lipinski definition) is 2. The van der Waals surface area contributed by atoms with Crippen LogP contribution in [0.1, 0.15) is 24.3 Å². The minimum Gasteiger partial charge on any atom is -0.464 e. The average molecular weight is 204 g/mol. The molecule has 0 unspecified atom stereocenters. The van der Waals surface area contributed by atoms with Crippen LogP contribution >= 0.6 is 0 Å². The molecule has 0 bridgehead atoms. The molecule has 5 heteroatoms. The molecule has 0 atom stereocenters. The Balaban J connectivity index is 0. The van der Waals surface area contributed by atoms with E-state index in [0.717, 1.165) is 12.8 Å². The molecule has 14 heavy (non-hydrogen) atoms. The van der Waals surface area contributed by atoms with Gasteiger partial charge in [0.15, 0.2) is 5.96 Å². The third-order valence-electron chi connectivity index (χ3n) is 1.21. The molecule has 0 aliphatic carbocycles. The van der Waals surface area contributed by atoms with Crippen molar-refractivity contribution in [1.82, 2.24) is 0 Å². The fourth-order valence-electron chi connectivity index (χ4n) is 0.615. The summed E-state index contributed by atoms with van der Waals surface area (Å²) in [5, 5.41) is 0. The number of allylic oxidation sites excluding steroid dienone is 1. The fourth-order valence-corrected chi connectivity index (χ4v) is 0.615. The van der Waals surface area contributed by atoms with Crippen molar-refractivity contribution in [2.45, 2.75) is 20.2 Å². The molecule has 5 nitrogen and oxygen atoms in total. The van der Waals surface area contributed by atoms with Crippen LogP contribution in [-0.4, -0.2) is 25.1 Å². The molecule has 0 aromatic rings. The Morgan fingerprint density at radius 1 is 1.71 bits per heavy atom. The lowest BCUT2D eigenvalue weighted by atomic mass is 10.3. The number of carbonyl (C=O) groups is 1. The molecule has 0 amide bonds. The Hall–Kier alpha value is -1.52. The van der Waals surface area contributed by atoms with Crippen molar-refractivity contribution in [3.63, 3.8) is 0 Å². The van der Waals surface area contributed by atoms with E-state index in [9.17, 15) is 4.79 Å². The Morgan fingerprint density at radius 3 is 2.86 bits per heavy atom. The van der Waals surface area contributed by atoms with Gasteiger partial charge in [-0.05, 0) is 12.8 Å². The first-order chi connectivity index (χ1) is 7.90. The quantitative estimate of drug-likeness (QED) is 0.215. The lowest BCUT2D eigenvalue weighted by molar-refractivity contribution is -0.141. The first-order valence-electron chi connectivity index (χ1n) is 5.72. The van der Waals surface area contributed by atoms with E-state index in [1.54, 1.807) is 6.08 Å². The number of nitrogens with two attached hydrogens (primary N) is 2. The average Bonchev–Trinajstić information content (AvgIpc) is 2.20. The molecule has 4 N–H and O–H groups in total. The van der Waals surface area contributed by atoms with Crippen molar-refractivity contribution in [3.8, 4) is 0 Å². The number of hydrogen-bond acceptors (Lipinski definition) is 3. The Kier molecular flexibility index (Phi) is 6.19. The first kappa shape index (κ1) is 9.05.